The third-order valence-corrected chi connectivity index (χ3v) is 7.79. The average molecular weight is 321 g/mol. The van der Waals surface area contributed by atoms with Crippen LogP contribution in [-0.4, -0.2) is 0 Å². The van der Waals surface area contributed by atoms with Crippen molar-refractivity contribution in [1.29, 1.82) is 0 Å². The summed E-state index contributed by atoms with van der Waals surface area (Å²) >= 11 is 0. The van der Waals surface area contributed by atoms with Crippen LogP contribution in [0.2, 0.25) is 0 Å². The number of allylic oxidation sites excluding steroid dienone is 4. The van der Waals surface area contributed by atoms with E-state index in [0.29, 0.717) is 22.2 Å². The summed E-state index contributed by atoms with van der Waals surface area (Å²) in [5.41, 5.74) is 7.51. The Morgan fingerprint density at radius 2 is 1.62 bits per heavy atom. The summed E-state index contributed by atoms with van der Waals surface area (Å²) in [4.78, 5) is 0. The molecule has 2 saturated carbocycles. The third-order valence-electron chi connectivity index (χ3n) is 7.79. The summed E-state index contributed by atoms with van der Waals surface area (Å²) in [7, 11) is 0. The Balaban J connectivity index is 1.67. The van der Waals surface area contributed by atoms with E-state index in [1.165, 1.54) is 37.7 Å². The van der Waals surface area contributed by atoms with Gasteiger partial charge in [-0.2, -0.15) is 0 Å². The molecule has 1 aromatic carbocycles. The summed E-state index contributed by atoms with van der Waals surface area (Å²) < 4.78 is 0. The number of rotatable bonds is 3. The van der Waals surface area contributed by atoms with E-state index in [-0.39, 0.29) is 0 Å². The molecule has 0 radical (unpaired) electrons. The van der Waals surface area contributed by atoms with Crippen molar-refractivity contribution in [2.75, 3.05) is 0 Å². The van der Waals surface area contributed by atoms with E-state index >= 15 is 0 Å². The van der Waals surface area contributed by atoms with E-state index in [9.17, 15) is 0 Å². The third kappa shape index (κ3) is 2.25. The molecule has 0 aromatic heterocycles. The molecule has 0 amide bonds. The van der Waals surface area contributed by atoms with Crippen molar-refractivity contribution in [3.8, 4) is 0 Å². The lowest BCUT2D eigenvalue weighted by molar-refractivity contribution is 0.187. The van der Waals surface area contributed by atoms with Crippen LogP contribution in [0, 0.1) is 5.92 Å². The van der Waals surface area contributed by atoms with Crippen molar-refractivity contribution in [2.24, 2.45) is 5.92 Å². The van der Waals surface area contributed by atoms with Gasteiger partial charge in [0, 0.05) is 0 Å². The van der Waals surface area contributed by atoms with Crippen molar-refractivity contribution in [3.63, 3.8) is 0 Å². The fourth-order valence-corrected chi connectivity index (χ4v) is 5.19. The Labute approximate surface area is 148 Å². The Kier molecular flexibility index (Phi) is 3.44. The topological polar surface area (TPSA) is 0 Å². The van der Waals surface area contributed by atoms with Crippen LogP contribution in [0.4, 0.5) is 0 Å². The summed E-state index contributed by atoms with van der Waals surface area (Å²) in [6, 6.07) is 7.54. The van der Waals surface area contributed by atoms with Gasteiger partial charge in [-0.1, -0.05) is 62.8 Å². The highest BCUT2D eigenvalue weighted by Gasteiger charge is 2.52. The first-order chi connectivity index (χ1) is 11.3. The highest BCUT2D eigenvalue weighted by molar-refractivity contribution is 5.50. The first kappa shape index (κ1) is 16.2. The van der Waals surface area contributed by atoms with E-state index in [4.69, 9.17) is 0 Å². The number of benzene rings is 1. The fourth-order valence-electron chi connectivity index (χ4n) is 5.19. The maximum absolute atomic E-state index is 2.60. The van der Waals surface area contributed by atoms with E-state index < -0.39 is 0 Å². The second-order valence-electron chi connectivity index (χ2n) is 9.50. The van der Waals surface area contributed by atoms with Gasteiger partial charge in [-0.25, -0.2) is 0 Å². The molecule has 1 unspecified atom stereocenters. The van der Waals surface area contributed by atoms with E-state index in [2.05, 4.69) is 71.0 Å². The van der Waals surface area contributed by atoms with Gasteiger partial charge < -0.3 is 0 Å². The molecule has 24 heavy (non-hydrogen) atoms. The van der Waals surface area contributed by atoms with Crippen LogP contribution < -0.4 is 0 Å². The molecule has 0 aliphatic heterocycles. The molecule has 0 heteroatoms. The Morgan fingerprint density at radius 3 is 2.25 bits per heavy atom. The van der Waals surface area contributed by atoms with Crippen LogP contribution >= 0.6 is 0 Å². The Morgan fingerprint density at radius 1 is 1.00 bits per heavy atom. The molecule has 4 aliphatic carbocycles. The fraction of sp³-hybridized carbons (Fsp3) is 0.583. The monoisotopic (exact) mass is 320 g/mol. The predicted octanol–water partition coefficient (Wildman–Crippen LogP) is 6.59. The van der Waals surface area contributed by atoms with Gasteiger partial charge in [-0.3, -0.25) is 0 Å². The maximum atomic E-state index is 2.60. The largest absolute Gasteiger partial charge is 0.0847 e. The molecular weight excluding hydrogens is 288 g/mol. The smallest absolute Gasteiger partial charge is 0.000611 e. The molecule has 0 nitrogen and oxygen atoms in total. The van der Waals surface area contributed by atoms with E-state index in [1.807, 2.05) is 0 Å². The van der Waals surface area contributed by atoms with Gasteiger partial charge in [0.2, 0.25) is 0 Å². The van der Waals surface area contributed by atoms with Crippen molar-refractivity contribution >= 4 is 0 Å². The molecule has 0 heterocycles. The molecule has 2 atom stereocenters. The zero-order valence-corrected chi connectivity index (χ0v) is 16.1. The zero-order chi connectivity index (χ0) is 17.2. The second-order valence-corrected chi connectivity index (χ2v) is 9.50. The lowest BCUT2D eigenvalue weighted by Gasteiger charge is -2.52. The zero-order valence-electron chi connectivity index (χ0n) is 16.1. The Bertz CT molecular complexity index is 724. The second kappa shape index (κ2) is 5.10. The minimum atomic E-state index is 0.355. The first-order valence-corrected chi connectivity index (χ1v) is 9.77. The normalized spacial score (nSPS) is 40.9. The average Bonchev–Trinajstić information content (AvgIpc) is 3.26. The van der Waals surface area contributed by atoms with Crippen LogP contribution in [0.25, 0.3) is 0 Å². The molecule has 4 aliphatic rings. The minimum Gasteiger partial charge on any atom is -0.0847 e. The first-order valence-electron chi connectivity index (χ1n) is 9.77. The minimum absolute atomic E-state index is 0.355. The standard InChI is InChI=1S/C24H32/c1-6-17(2)7-8-19-16-24(19,5)18-9-10-20-21(15-18)23(4)13-11-22(20,3)12-14-23/h6-10,15,19H,11-14,16H2,1-5H3/b8-7+,17-6+/t19?,22?,23?,24-/m1/s1. The number of hydrogen-bond acceptors (Lipinski definition) is 0. The van der Waals surface area contributed by atoms with Gasteiger partial charge in [0.15, 0.2) is 0 Å². The number of fused-ring (bicyclic) bond motifs is 2. The molecule has 128 valence electrons. The van der Waals surface area contributed by atoms with Gasteiger partial charge in [-0.15, -0.1) is 0 Å². The maximum Gasteiger partial charge on any atom is -0.000611 e. The van der Waals surface area contributed by atoms with Crippen LogP contribution in [0.15, 0.2) is 42.0 Å². The van der Waals surface area contributed by atoms with E-state index in [0.717, 1.165) is 0 Å². The molecule has 2 bridgehead atoms. The summed E-state index contributed by atoms with van der Waals surface area (Å²) in [5, 5.41) is 0. The molecular formula is C24H32. The van der Waals surface area contributed by atoms with Crippen molar-refractivity contribution in [2.45, 2.75) is 83.0 Å². The van der Waals surface area contributed by atoms with Crippen LogP contribution in [-0.2, 0) is 16.2 Å². The SMILES string of the molecule is C/C=C(C)/C=C/C1C[C@]1(C)c1ccc2c(c1)C1(C)CCC2(C)CC1. The Hall–Kier alpha value is -1.30. The van der Waals surface area contributed by atoms with Crippen molar-refractivity contribution in [1.82, 2.24) is 0 Å². The summed E-state index contributed by atoms with van der Waals surface area (Å²) in [5.74, 6) is 0.703. The molecule has 0 N–H and O–H groups in total. The lowest BCUT2D eigenvalue weighted by Crippen LogP contribution is -2.44. The molecule has 2 fully saturated rings. The molecule has 1 aromatic rings. The van der Waals surface area contributed by atoms with Crippen LogP contribution in [0.1, 0.15) is 83.4 Å². The van der Waals surface area contributed by atoms with Gasteiger partial charge in [0.1, 0.15) is 0 Å². The highest BCUT2D eigenvalue weighted by Crippen LogP contribution is 2.59. The van der Waals surface area contributed by atoms with Gasteiger partial charge in [-0.05, 0) is 84.8 Å². The summed E-state index contributed by atoms with van der Waals surface area (Å²) in [6.07, 6.45) is 13.7. The van der Waals surface area contributed by atoms with Crippen LogP contribution in [0.5, 0.6) is 0 Å². The highest BCUT2D eigenvalue weighted by atomic mass is 14.6. The van der Waals surface area contributed by atoms with Gasteiger partial charge in [0.05, 0.1) is 0 Å². The van der Waals surface area contributed by atoms with Crippen LogP contribution in [0.3, 0.4) is 0 Å². The quantitative estimate of drug-likeness (QED) is 0.551. The van der Waals surface area contributed by atoms with E-state index in [1.54, 1.807) is 16.7 Å². The number of hydrogen-bond donors (Lipinski definition) is 0. The lowest BCUT2D eigenvalue weighted by atomic mass is 9.52. The van der Waals surface area contributed by atoms with Crippen molar-refractivity contribution < 1.29 is 0 Å². The van der Waals surface area contributed by atoms with Gasteiger partial charge >= 0.3 is 0 Å². The van der Waals surface area contributed by atoms with Crippen molar-refractivity contribution in [3.05, 3.63) is 58.7 Å². The summed E-state index contributed by atoms with van der Waals surface area (Å²) in [6.45, 7) is 11.8. The molecule has 0 saturated heterocycles. The molecule has 5 rings (SSSR count). The molecule has 0 spiro atoms. The predicted molar refractivity (Wildman–Crippen MR) is 104 cm³/mol. The van der Waals surface area contributed by atoms with Gasteiger partial charge in [0.25, 0.3) is 0 Å².